The Hall–Kier alpha value is -3.06. The number of hydrogen-bond acceptors (Lipinski definition) is 9. The van der Waals surface area contributed by atoms with E-state index in [1.807, 2.05) is 26.0 Å². The molecule has 4 aromatic rings. The van der Waals surface area contributed by atoms with Crippen molar-refractivity contribution in [1.29, 1.82) is 5.26 Å². The lowest BCUT2D eigenvalue weighted by Crippen LogP contribution is -2.35. The molecule has 1 fully saturated rings. The molecule has 5 rings (SSSR count). The molecule has 15 heteroatoms. The molecule has 9 nitrogen and oxygen atoms in total. The van der Waals surface area contributed by atoms with Gasteiger partial charge in [0.15, 0.2) is 5.01 Å². The van der Waals surface area contributed by atoms with E-state index in [1.165, 1.54) is 16.8 Å². The van der Waals surface area contributed by atoms with E-state index in [2.05, 4.69) is 25.0 Å². The maximum atomic E-state index is 13.4. The highest BCUT2D eigenvalue weighted by Gasteiger charge is 2.47. The first kappa shape index (κ1) is 26.5. The summed E-state index contributed by atoms with van der Waals surface area (Å²) in [7, 11) is -2.56. The van der Waals surface area contributed by atoms with Crippen molar-refractivity contribution >= 4 is 44.0 Å². The molecule has 0 saturated heterocycles. The molecule has 0 amide bonds. The number of halogens is 3. The summed E-state index contributed by atoms with van der Waals surface area (Å²) >= 11 is 1.89. The average Bonchev–Trinajstić information content (AvgIpc) is 3.27. The summed E-state index contributed by atoms with van der Waals surface area (Å²) < 4.78 is 70.3. The van der Waals surface area contributed by atoms with E-state index in [4.69, 9.17) is 0 Å². The van der Waals surface area contributed by atoms with Gasteiger partial charge < -0.3 is 0 Å². The fourth-order valence-corrected chi connectivity index (χ4v) is 6.77. The molecule has 0 aliphatic heterocycles. The molecule has 38 heavy (non-hydrogen) atoms. The van der Waals surface area contributed by atoms with E-state index in [9.17, 15) is 26.9 Å². The first-order chi connectivity index (χ1) is 17.8. The largest absolute Gasteiger partial charge is 0.445 e. The van der Waals surface area contributed by atoms with Gasteiger partial charge in [0.25, 0.3) is 0 Å². The van der Waals surface area contributed by atoms with Gasteiger partial charge in [0.1, 0.15) is 11.2 Å². The normalized spacial score (nSPS) is 15.2. The molecule has 0 spiro atoms. The standard InChI is InChI=1S/C23H20F3N7O2S3/c1-12(2)36-17-5-4-13(10-28-17)15-8-14(38(34,35)32-22(11-27)6-7-22)9-16-18(31-33(3)19(15)16)20-29-30-21(37-20)23(24,25)26/h4-5,8-10,12,32H,6-7H2,1-3H3. The number of sulfonamides is 1. The van der Waals surface area contributed by atoms with Crippen LogP contribution < -0.4 is 4.72 Å². The Morgan fingerprint density at radius 1 is 1.24 bits per heavy atom. The van der Waals surface area contributed by atoms with Gasteiger partial charge in [-0.25, -0.2) is 13.4 Å². The molecule has 1 N–H and O–H groups in total. The zero-order chi connectivity index (χ0) is 27.5. The van der Waals surface area contributed by atoms with Gasteiger partial charge in [-0.2, -0.15) is 28.3 Å². The maximum Gasteiger partial charge on any atom is 0.445 e. The highest BCUT2D eigenvalue weighted by molar-refractivity contribution is 7.99. The van der Waals surface area contributed by atoms with Crippen LogP contribution in [0.15, 0.2) is 40.4 Å². The second-order valence-corrected chi connectivity index (χ2v) is 13.4. The van der Waals surface area contributed by atoms with Crippen molar-refractivity contribution in [2.75, 3.05) is 0 Å². The van der Waals surface area contributed by atoms with Crippen LogP contribution in [0.25, 0.3) is 32.7 Å². The van der Waals surface area contributed by atoms with Gasteiger partial charge in [-0.15, -0.1) is 22.0 Å². The van der Waals surface area contributed by atoms with E-state index in [0.29, 0.717) is 46.1 Å². The van der Waals surface area contributed by atoms with Crippen LogP contribution >= 0.6 is 23.1 Å². The van der Waals surface area contributed by atoms with Crippen LogP contribution in [0.2, 0.25) is 0 Å². The van der Waals surface area contributed by atoms with Crippen LogP contribution in [0.3, 0.4) is 0 Å². The van der Waals surface area contributed by atoms with Crippen molar-refractivity contribution < 1.29 is 21.6 Å². The highest BCUT2D eigenvalue weighted by Crippen LogP contribution is 2.41. The van der Waals surface area contributed by atoms with E-state index in [0.717, 1.165) is 5.03 Å². The zero-order valence-electron chi connectivity index (χ0n) is 20.2. The predicted octanol–water partition coefficient (Wildman–Crippen LogP) is 5.01. The monoisotopic (exact) mass is 579 g/mol. The summed E-state index contributed by atoms with van der Waals surface area (Å²) in [6, 6.07) is 8.41. The van der Waals surface area contributed by atoms with Crippen LogP contribution in [0.5, 0.6) is 0 Å². The number of aromatic nitrogens is 5. The number of aryl methyl sites for hydroxylation is 1. The number of thioether (sulfide) groups is 1. The molecule has 1 aliphatic carbocycles. The predicted molar refractivity (Wildman–Crippen MR) is 137 cm³/mol. The second kappa shape index (κ2) is 9.30. The summed E-state index contributed by atoms with van der Waals surface area (Å²) in [4.78, 5) is 4.33. The van der Waals surface area contributed by atoms with Gasteiger partial charge in [0, 0.05) is 35.0 Å². The van der Waals surface area contributed by atoms with Crippen molar-refractivity contribution in [3.05, 3.63) is 35.5 Å². The number of nitrogens with one attached hydrogen (secondary N) is 1. The summed E-state index contributed by atoms with van der Waals surface area (Å²) in [6.45, 7) is 4.07. The van der Waals surface area contributed by atoms with Crippen molar-refractivity contribution in [1.82, 2.24) is 29.7 Å². The summed E-state index contributed by atoms with van der Waals surface area (Å²) in [5.41, 5.74) is 0.430. The lowest BCUT2D eigenvalue weighted by atomic mass is 10.0. The van der Waals surface area contributed by atoms with Crippen LogP contribution in [0.1, 0.15) is 31.7 Å². The quantitative estimate of drug-likeness (QED) is 0.303. The number of benzene rings is 1. The number of fused-ring (bicyclic) bond motifs is 1. The van der Waals surface area contributed by atoms with E-state index < -0.39 is 26.7 Å². The average molecular weight is 580 g/mol. The van der Waals surface area contributed by atoms with Crippen LogP contribution in [0.4, 0.5) is 13.2 Å². The third kappa shape index (κ3) is 5.00. The molecule has 3 heterocycles. The Morgan fingerprint density at radius 3 is 2.53 bits per heavy atom. The molecule has 0 bridgehead atoms. The SMILES string of the molecule is CC(C)Sc1ccc(-c2cc(S(=O)(=O)NC3(C#N)CC3)cc3c(-c4nnc(C(F)(F)F)s4)nn(C)c23)cn1. The van der Waals surface area contributed by atoms with Gasteiger partial charge in [0.2, 0.25) is 15.0 Å². The summed E-state index contributed by atoms with van der Waals surface area (Å²) in [6.07, 6.45) is -2.29. The number of nitriles is 1. The smallest absolute Gasteiger partial charge is 0.267 e. The van der Waals surface area contributed by atoms with E-state index in [-0.39, 0.29) is 21.0 Å². The van der Waals surface area contributed by atoms with Crippen LogP contribution in [-0.2, 0) is 23.2 Å². The zero-order valence-corrected chi connectivity index (χ0v) is 22.7. The molecule has 0 atom stereocenters. The highest BCUT2D eigenvalue weighted by atomic mass is 32.2. The molecular formula is C23H20F3N7O2S3. The number of nitrogens with zero attached hydrogens (tertiary/aromatic N) is 6. The molecule has 0 unspecified atom stereocenters. The lowest BCUT2D eigenvalue weighted by Gasteiger charge is -2.13. The number of hydrogen-bond donors (Lipinski definition) is 1. The fourth-order valence-electron chi connectivity index (χ4n) is 3.89. The fraction of sp³-hybridized carbons (Fsp3) is 0.348. The van der Waals surface area contributed by atoms with Crippen LogP contribution in [0, 0.1) is 11.3 Å². The van der Waals surface area contributed by atoms with Crippen molar-refractivity contribution in [3.63, 3.8) is 0 Å². The van der Waals surface area contributed by atoms with Gasteiger partial charge in [-0.1, -0.05) is 31.3 Å². The molecular weight excluding hydrogens is 559 g/mol. The van der Waals surface area contributed by atoms with Crippen LogP contribution in [-0.4, -0.2) is 44.2 Å². The van der Waals surface area contributed by atoms with E-state index >= 15 is 0 Å². The maximum absolute atomic E-state index is 13.4. The van der Waals surface area contributed by atoms with Gasteiger partial charge in [0.05, 0.1) is 21.5 Å². The minimum Gasteiger partial charge on any atom is -0.267 e. The minimum atomic E-state index is -4.68. The van der Waals surface area contributed by atoms with Crippen molar-refractivity contribution in [3.8, 4) is 27.9 Å². The van der Waals surface area contributed by atoms with E-state index in [1.54, 1.807) is 31.1 Å². The number of rotatable bonds is 7. The molecule has 1 aromatic carbocycles. The molecule has 1 aliphatic rings. The number of alkyl halides is 3. The third-order valence-corrected chi connectivity index (χ3v) is 9.24. The van der Waals surface area contributed by atoms with Gasteiger partial charge >= 0.3 is 6.18 Å². The third-order valence-electron chi connectivity index (χ3n) is 5.79. The van der Waals surface area contributed by atoms with Gasteiger partial charge in [-0.05, 0) is 31.0 Å². The summed E-state index contributed by atoms with van der Waals surface area (Å²) in [5, 5.41) is 20.9. The minimum absolute atomic E-state index is 0.0650. The topological polar surface area (TPSA) is 126 Å². The Balaban J connectivity index is 1.72. The Labute approximate surface area is 224 Å². The Bertz CT molecular complexity index is 1680. The Morgan fingerprint density at radius 2 is 1.97 bits per heavy atom. The first-order valence-corrected chi connectivity index (χ1v) is 14.5. The number of pyridine rings is 1. The first-order valence-electron chi connectivity index (χ1n) is 11.3. The molecule has 0 radical (unpaired) electrons. The Kier molecular flexibility index (Phi) is 6.49. The van der Waals surface area contributed by atoms with Crippen molar-refractivity contribution in [2.24, 2.45) is 7.05 Å². The molecule has 3 aromatic heterocycles. The van der Waals surface area contributed by atoms with Gasteiger partial charge in [-0.3, -0.25) is 4.68 Å². The molecule has 198 valence electrons. The molecule has 1 saturated carbocycles. The second-order valence-electron chi connectivity index (χ2n) is 9.10. The van der Waals surface area contributed by atoms with Crippen molar-refractivity contribution in [2.45, 2.75) is 53.6 Å². The summed E-state index contributed by atoms with van der Waals surface area (Å²) in [5.74, 6) is 0. The lowest BCUT2D eigenvalue weighted by molar-refractivity contribution is -0.138.